The first-order chi connectivity index (χ1) is 9.13. The lowest BCUT2D eigenvalue weighted by Gasteiger charge is -2.08. The number of rotatable bonds is 5. The van der Waals surface area contributed by atoms with Gasteiger partial charge in [-0.25, -0.2) is 4.98 Å². The summed E-state index contributed by atoms with van der Waals surface area (Å²) in [6.07, 6.45) is 2.97. The van der Waals surface area contributed by atoms with Crippen molar-refractivity contribution < 1.29 is 0 Å². The second-order valence-electron chi connectivity index (χ2n) is 5.14. The van der Waals surface area contributed by atoms with E-state index in [0.717, 1.165) is 23.3 Å². The Morgan fingerprint density at radius 3 is 2.32 bits per heavy atom. The summed E-state index contributed by atoms with van der Waals surface area (Å²) in [5.41, 5.74) is 3.73. The fraction of sp³-hybridized carbons (Fsp3) is 0.312. The van der Waals surface area contributed by atoms with Crippen molar-refractivity contribution in [3.05, 3.63) is 58.3 Å². The van der Waals surface area contributed by atoms with Crippen LogP contribution in [0.2, 0.25) is 0 Å². The molecule has 0 unspecified atom stereocenters. The van der Waals surface area contributed by atoms with Crippen LogP contribution in [-0.2, 0) is 13.0 Å². The van der Waals surface area contributed by atoms with E-state index in [1.807, 2.05) is 18.3 Å². The Morgan fingerprint density at radius 2 is 1.74 bits per heavy atom. The number of anilines is 1. The third-order valence-corrected chi connectivity index (χ3v) is 3.36. The van der Waals surface area contributed by atoms with Crippen molar-refractivity contribution in [2.75, 3.05) is 5.32 Å². The molecule has 3 heteroatoms. The van der Waals surface area contributed by atoms with Gasteiger partial charge in [0.2, 0.25) is 0 Å². The first-order valence-corrected chi connectivity index (χ1v) is 7.36. The molecule has 0 amide bonds. The lowest BCUT2D eigenvalue weighted by atomic mass is 10.0. The van der Waals surface area contributed by atoms with Gasteiger partial charge >= 0.3 is 0 Å². The Kier molecular flexibility index (Phi) is 4.97. The number of nitrogens with one attached hydrogen (secondary N) is 1. The number of pyridine rings is 1. The van der Waals surface area contributed by atoms with Crippen molar-refractivity contribution in [3.8, 4) is 0 Å². The molecule has 19 heavy (non-hydrogen) atoms. The maximum absolute atomic E-state index is 4.19. The van der Waals surface area contributed by atoms with E-state index in [1.165, 1.54) is 11.1 Å². The molecule has 1 aromatic heterocycles. The summed E-state index contributed by atoms with van der Waals surface area (Å²) in [6, 6.07) is 12.8. The number of halogens is 1. The zero-order valence-corrected chi connectivity index (χ0v) is 12.9. The first-order valence-electron chi connectivity index (χ1n) is 6.57. The SMILES string of the molecule is CC(C)Cc1ccc(CNc2ccc(Br)nc2)cc1. The van der Waals surface area contributed by atoms with E-state index in [1.54, 1.807) is 0 Å². The summed E-state index contributed by atoms with van der Waals surface area (Å²) in [5.74, 6) is 0.706. The molecule has 0 spiro atoms. The van der Waals surface area contributed by atoms with E-state index >= 15 is 0 Å². The molecule has 2 nitrogen and oxygen atoms in total. The monoisotopic (exact) mass is 318 g/mol. The maximum atomic E-state index is 4.19. The van der Waals surface area contributed by atoms with Crippen molar-refractivity contribution in [3.63, 3.8) is 0 Å². The van der Waals surface area contributed by atoms with E-state index in [2.05, 4.69) is 64.3 Å². The Labute approximate surface area is 123 Å². The number of aromatic nitrogens is 1. The molecule has 1 N–H and O–H groups in total. The average molecular weight is 319 g/mol. The van der Waals surface area contributed by atoms with Crippen LogP contribution >= 0.6 is 15.9 Å². The third-order valence-electron chi connectivity index (χ3n) is 2.89. The highest BCUT2D eigenvalue weighted by Gasteiger charge is 1.99. The summed E-state index contributed by atoms with van der Waals surface area (Å²) in [7, 11) is 0. The van der Waals surface area contributed by atoms with Crippen LogP contribution < -0.4 is 5.32 Å². The van der Waals surface area contributed by atoms with Gasteiger partial charge in [-0.3, -0.25) is 0 Å². The second kappa shape index (κ2) is 6.71. The van der Waals surface area contributed by atoms with Gasteiger partial charge in [0.15, 0.2) is 0 Å². The molecular weight excluding hydrogens is 300 g/mol. The molecule has 0 fully saturated rings. The molecule has 0 aliphatic rings. The highest BCUT2D eigenvalue weighted by atomic mass is 79.9. The Morgan fingerprint density at radius 1 is 1.05 bits per heavy atom. The largest absolute Gasteiger partial charge is 0.380 e. The van der Waals surface area contributed by atoms with Crippen LogP contribution in [-0.4, -0.2) is 4.98 Å². The zero-order chi connectivity index (χ0) is 13.7. The van der Waals surface area contributed by atoms with Crippen LogP contribution in [0.15, 0.2) is 47.2 Å². The molecule has 0 bridgehead atoms. The fourth-order valence-corrected chi connectivity index (χ4v) is 2.18. The molecule has 0 radical (unpaired) electrons. The summed E-state index contributed by atoms with van der Waals surface area (Å²) in [5, 5.41) is 3.37. The van der Waals surface area contributed by atoms with E-state index in [9.17, 15) is 0 Å². The molecule has 0 atom stereocenters. The molecule has 0 aliphatic carbocycles. The maximum Gasteiger partial charge on any atom is 0.106 e. The number of hydrogen-bond acceptors (Lipinski definition) is 2. The Bertz CT molecular complexity index is 503. The number of hydrogen-bond donors (Lipinski definition) is 1. The van der Waals surface area contributed by atoms with Gasteiger partial charge in [-0.2, -0.15) is 0 Å². The van der Waals surface area contributed by atoms with Crippen LogP contribution in [0.3, 0.4) is 0 Å². The number of nitrogens with zero attached hydrogens (tertiary/aromatic N) is 1. The van der Waals surface area contributed by atoms with Gasteiger partial charge in [-0.15, -0.1) is 0 Å². The Balaban J connectivity index is 1.91. The van der Waals surface area contributed by atoms with Gasteiger partial charge in [-0.1, -0.05) is 38.1 Å². The van der Waals surface area contributed by atoms with E-state index in [0.29, 0.717) is 5.92 Å². The quantitative estimate of drug-likeness (QED) is 0.811. The van der Waals surface area contributed by atoms with Crippen LogP contribution in [0.1, 0.15) is 25.0 Å². The molecule has 0 saturated carbocycles. The lowest BCUT2D eigenvalue weighted by molar-refractivity contribution is 0.647. The minimum absolute atomic E-state index is 0.706. The van der Waals surface area contributed by atoms with Crippen molar-refractivity contribution in [1.82, 2.24) is 4.98 Å². The molecule has 2 rings (SSSR count). The summed E-state index contributed by atoms with van der Waals surface area (Å²) < 4.78 is 0.857. The standard InChI is InChI=1S/C16H19BrN2/c1-12(2)9-13-3-5-14(6-4-13)10-18-15-7-8-16(17)19-11-15/h3-8,11-12,18H,9-10H2,1-2H3. The van der Waals surface area contributed by atoms with Crippen molar-refractivity contribution in [2.24, 2.45) is 5.92 Å². The molecule has 1 heterocycles. The summed E-state index contributed by atoms with van der Waals surface area (Å²) >= 11 is 3.33. The predicted molar refractivity (Wildman–Crippen MR) is 84.2 cm³/mol. The third kappa shape index (κ3) is 4.67. The molecule has 100 valence electrons. The van der Waals surface area contributed by atoms with Crippen molar-refractivity contribution in [1.29, 1.82) is 0 Å². The predicted octanol–water partition coefficient (Wildman–Crippen LogP) is 4.65. The molecule has 0 saturated heterocycles. The Hall–Kier alpha value is -1.35. The van der Waals surface area contributed by atoms with Crippen LogP contribution in [0.25, 0.3) is 0 Å². The molecule has 0 aliphatic heterocycles. The minimum Gasteiger partial charge on any atom is -0.380 e. The van der Waals surface area contributed by atoms with E-state index < -0.39 is 0 Å². The highest BCUT2D eigenvalue weighted by Crippen LogP contribution is 2.13. The first kappa shape index (κ1) is 14.1. The van der Waals surface area contributed by atoms with Crippen LogP contribution in [0.5, 0.6) is 0 Å². The van der Waals surface area contributed by atoms with Gasteiger partial charge in [-0.05, 0) is 51.5 Å². The van der Waals surface area contributed by atoms with Gasteiger partial charge in [0, 0.05) is 6.54 Å². The molecule has 2 aromatic rings. The van der Waals surface area contributed by atoms with Crippen molar-refractivity contribution >= 4 is 21.6 Å². The van der Waals surface area contributed by atoms with Gasteiger partial charge in [0.05, 0.1) is 11.9 Å². The van der Waals surface area contributed by atoms with E-state index in [-0.39, 0.29) is 0 Å². The molecular formula is C16H19BrN2. The second-order valence-corrected chi connectivity index (χ2v) is 5.95. The summed E-state index contributed by atoms with van der Waals surface area (Å²) in [6.45, 7) is 5.32. The lowest BCUT2D eigenvalue weighted by Crippen LogP contribution is -2.00. The highest BCUT2D eigenvalue weighted by molar-refractivity contribution is 9.10. The van der Waals surface area contributed by atoms with Crippen molar-refractivity contribution in [2.45, 2.75) is 26.8 Å². The fourth-order valence-electron chi connectivity index (χ4n) is 1.95. The van der Waals surface area contributed by atoms with Gasteiger partial charge in [0.25, 0.3) is 0 Å². The zero-order valence-electron chi connectivity index (χ0n) is 11.4. The number of benzene rings is 1. The van der Waals surface area contributed by atoms with Crippen LogP contribution in [0.4, 0.5) is 5.69 Å². The van der Waals surface area contributed by atoms with Gasteiger partial charge in [0.1, 0.15) is 4.60 Å². The van der Waals surface area contributed by atoms with Gasteiger partial charge < -0.3 is 5.32 Å². The average Bonchev–Trinajstić information content (AvgIpc) is 2.39. The minimum atomic E-state index is 0.706. The smallest absolute Gasteiger partial charge is 0.106 e. The summed E-state index contributed by atoms with van der Waals surface area (Å²) in [4.78, 5) is 4.19. The topological polar surface area (TPSA) is 24.9 Å². The molecule has 1 aromatic carbocycles. The van der Waals surface area contributed by atoms with E-state index in [4.69, 9.17) is 0 Å². The normalized spacial score (nSPS) is 10.7. The van der Waals surface area contributed by atoms with Crippen LogP contribution in [0, 0.1) is 5.92 Å².